The second-order valence-corrected chi connectivity index (χ2v) is 3.39. The molecule has 60 valence electrons. The van der Waals surface area contributed by atoms with Gasteiger partial charge >= 0.3 is 0 Å². The van der Waals surface area contributed by atoms with Gasteiger partial charge in [0.2, 0.25) is 0 Å². The van der Waals surface area contributed by atoms with E-state index in [0.717, 1.165) is 18.8 Å². The van der Waals surface area contributed by atoms with Crippen molar-refractivity contribution in [3.05, 3.63) is 18.2 Å². The number of rotatable bonds is 0. The van der Waals surface area contributed by atoms with Crippen molar-refractivity contribution in [2.75, 3.05) is 0 Å². The van der Waals surface area contributed by atoms with Gasteiger partial charge in [0.25, 0.3) is 0 Å². The molecule has 0 aliphatic carbocycles. The van der Waals surface area contributed by atoms with Crippen LogP contribution in [0.2, 0.25) is 0 Å². The van der Waals surface area contributed by atoms with Gasteiger partial charge in [0.1, 0.15) is 5.82 Å². The number of imidazole rings is 1. The molecule has 2 rings (SSSR count). The maximum atomic E-state index is 5.90. The summed E-state index contributed by atoms with van der Waals surface area (Å²) in [5.74, 6) is 1.73. The van der Waals surface area contributed by atoms with Crippen LogP contribution in [0.25, 0.3) is 0 Å². The first-order valence-corrected chi connectivity index (χ1v) is 4.04. The second-order valence-electron chi connectivity index (χ2n) is 3.39. The Labute approximate surface area is 66.2 Å². The van der Waals surface area contributed by atoms with Crippen LogP contribution in [0.4, 0.5) is 0 Å². The van der Waals surface area contributed by atoms with Gasteiger partial charge < -0.3 is 10.3 Å². The molecule has 3 heteroatoms. The van der Waals surface area contributed by atoms with E-state index < -0.39 is 0 Å². The predicted molar refractivity (Wildman–Crippen MR) is 42.9 cm³/mol. The molecule has 1 aromatic rings. The Balaban J connectivity index is 2.36. The SMILES string of the molecule is CC1CC(N)c2nccn2C1. The number of nitrogens with two attached hydrogens (primary N) is 1. The van der Waals surface area contributed by atoms with Crippen molar-refractivity contribution in [1.29, 1.82) is 0 Å². The minimum Gasteiger partial charge on any atom is -0.333 e. The molecule has 0 aromatic carbocycles. The van der Waals surface area contributed by atoms with E-state index in [-0.39, 0.29) is 6.04 Å². The molecule has 2 unspecified atom stereocenters. The van der Waals surface area contributed by atoms with Crippen molar-refractivity contribution in [2.45, 2.75) is 25.9 Å². The van der Waals surface area contributed by atoms with Crippen LogP contribution >= 0.6 is 0 Å². The van der Waals surface area contributed by atoms with Gasteiger partial charge in [-0.2, -0.15) is 0 Å². The molecule has 0 saturated heterocycles. The van der Waals surface area contributed by atoms with Crippen molar-refractivity contribution in [3.63, 3.8) is 0 Å². The average molecular weight is 151 g/mol. The van der Waals surface area contributed by atoms with Gasteiger partial charge in [0.15, 0.2) is 0 Å². The topological polar surface area (TPSA) is 43.8 Å². The smallest absolute Gasteiger partial charge is 0.125 e. The Morgan fingerprint density at radius 2 is 2.55 bits per heavy atom. The molecule has 0 amide bonds. The summed E-state index contributed by atoms with van der Waals surface area (Å²) in [6.07, 6.45) is 4.90. The highest BCUT2D eigenvalue weighted by molar-refractivity contribution is 5.01. The van der Waals surface area contributed by atoms with Crippen LogP contribution in [0.5, 0.6) is 0 Å². The van der Waals surface area contributed by atoms with E-state index >= 15 is 0 Å². The van der Waals surface area contributed by atoms with E-state index in [1.165, 1.54) is 0 Å². The minimum atomic E-state index is 0.147. The van der Waals surface area contributed by atoms with Crippen LogP contribution in [0, 0.1) is 5.92 Å². The van der Waals surface area contributed by atoms with E-state index in [4.69, 9.17) is 5.73 Å². The van der Waals surface area contributed by atoms with Crippen molar-refractivity contribution in [2.24, 2.45) is 11.7 Å². The van der Waals surface area contributed by atoms with Crippen molar-refractivity contribution in [1.82, 2.24) is 9.55 Å². The molecule has 0 saturated carbocycles. The zero-order valence-electron chi connectivity index (χ0n) is 6.70. The highest BCUT2D eigenvalue weighted by Gasteiger charge is 2.21. The fourth-order valence-corrected chi connectivity index (χ4v) is 1.75. The van der Waals surface area contributed by atoms with Crippen molar-refractivity contribution in [3.8, 4) is 0 Å². The Kier molecular flexibility index (Phi) is 1.46. The predicted octanol–water partition coefficient (Wildman–Crippen LogP) is 0.923. The molecule has 0 bridgehead atoms. The zero-order valence-corrected chi connectivity index (χ0v) is 6.70. The molecular formula is C8H13N3. The molecule has 2 atom stereocenters. The van der Waals surface area contributed by atoms with E-state index in [2.05, 4.69) is 16.5 Å². The Morgan fingerprint density at radius 3 is 3.36 bits per heavy atom. The lowest BCUT2D eigenvalue weighted by Crippen LogP contribution is -2.26. The van der Waals surface area contributed by atoms with Crippen LogP contribution in [-0.2, 0) is 6.54 Å². The van der Waals surface area contributed by atoms with Crippen LogP contribution in [0.1, 0.15) is 25.2 Å². The lowest BCUT2D eigenvalue weighted by atomic mass is 9.98. The van der Waals surface area contributed by atoms with Gasteiger partial charge in [0.05, 0.1) is 6.04 Å². The van der Waals surface area contributed by atoms with E-state index in [1.807, 2.05) is 12.4 Å². The molecule has 0 spiro atoms. The molecular weight excluding hydrogens is 138 g/mol. The summed E-state index contributed by atoms with van der Waals surface area (Å²) in [4.78, 5) is 4.21. The fourth-order valence-electron chi connectivity index (χ4n) is 1.75. The molecule has 11 heavy (non-hydrogen) atoms. The summed E-state index contributed by atoms with van der Waals surface area (Å²) in [5.41, 5.74) is 5.90. The molecule has 2 heterocycles. The maximum absolute atomic E-state index is 5.90. The highest BCUT2D eigenvalue weighted by atomic mass is 15.1. The second kappa shape index (κ2) is 2.34. The van der Waals surface area contributed by atoms with Crippen molar-refractivity contribution >= 4 is 0 Å². The summed E-state index contributed by atoms with van der Waals surface area (Å²) >= 11 is 0. The third-order valence-electron chi connectivity index (χ3n) is 2.24. The largest absolute Gasteiger partial charge is 0.333 e. The molecule has 1 aliphatic heterocycles. The standard InChI is InChI=1S/C8H13N3/c1-6-4-7(9)8-10-2-3-11(8)5-6/h2-3,6-7H,4-5,9H2,1H3. The summed E-state index contributed by atoms with van der Waals surface area (Å²) in [7, 11) is 0. The van der Waals surface area contributed by atoms with Crippen LogP contribution in [0.15, 0.2) is 12.4 Å². The van der Waals surface area contributed by atoms with E-state index in [9.17, 15) is 0 Å². The third kappa shape index (κ3) is 1.05. The van der Waals surface area contributed by atoms with Gasteiger partial charge in [-0.1, -0.05) is 6.92 Å². The quantitative estimate of drug-likeness (QED) is 0.599. The van der Waals surface area contributed by atoms with Gasteiger partial charge in [-0.15, -0.1) is 0 Å². The number of hydrogen-bond acceptors (Lipinski definition) is 2. The molecule has 2 N–H and O–H groups in total. The number of nitrogens with zero attached hydrogens (tertiary/aromatic N) is 2. The fraction of sp³-hybridized carbons (Fsp3) is 0.625. The molecule has 0 radical (unpaired) electrons. The molecule has 0 fully saturated rings. The summed E-state index contributed by atoms with van der Waals surface area (Å²) in [6, 6.07) is 0.147. The summed E-state index contributed by atoms with van der Waals surface area (Å²) in [5, 5.41) is 0. The number of aromatic nitrogens is 2. The Bertz CT molecular complexity index is 254. The number of fused-ring (bicyclic) bond motifs is 1. The van der Waals surface area contributed by atoms with E-state index in [0.29, 0.717) is 5.92 Å². The monoisotopic (exact) mass is 151 g/mol. The first kappa shape index (κ1) is 6.85. The first-order chi connectivity index (χ1) is 5.27. The maximum Gasteiger partial charge on any atom is 0.125 e. The lowest BCUT2D eigenvalue weighted by Gasteiger charge is -2.25. The van der Waals surface area contributed by atoms with Crippen molar-refractivity contribution < 1.29 is 0 Å². The summed E-state index contributed by atoms with van der Waals surface area (Å²) < 4.78 is 2.15. The highest BCUT2D eigenvalue weighted by Crippen LogP contribution is 2.24. The van der Waals surface area contributed by atoms with Crippen LogP contribution < -0.4 is 5.73 Å². The normalized spacial score (nSPS) is 30.0. The Morgan fingerprint density at radius 1 is 1.73 bits per heavy atom. The zero-order chi connectivity index (χ0) is 7.84. The average Bonchev–Trinajstić information content (AvgIpc) is 2.34. The van der Waals surface area contributed by atoms with Crippen LogP contribution in [0.3, 0.4) is 0 Å². The van der Waals surface area contributed by atoms with E-state index in [1.54, 1.807) is 0 Å². The molecule has 1 aliphatic rings. The lowest BCUT2D eigenvalue weighted by molar-refractivity contribution is 0.346. The van der Waals surface area contributed by atoms with Gasteiger partial charge in [-0.25, -0.2) is 4.98 Å². The van der Waals surface area contributed by atoms with Crippen LogP contribution in [-0.4, -0.2) is 9.55 Å². The Hall–Kier alpha value is -0.830. The third-order valence-corrected chi connectivity index (χ3v) is 2.24. The molecule has 1 aromatic heterocycles. The van der Waals surface area contributed by atoms with Gasteiger partial charge in [-0.05, 0) is 12.3 Å². The first-order valence-electron chi connectivity index (χ1n) is 4.04. The van der Waals surface area contributed by atoms with Gasteiger partial charge in [-0.3, -0.25) is 0 Å². The summed E-state index contributed by atoms with van der Waals surface area (Å²) in [6.45, 7) is 3.30. The molecule has 3 nitrogen and oxygen atoms in total. The minimum absolute atomic E-state index is 0.147. The van der Waals surface area contributed by atoms with Gasteiger partial charge in [0, 0.05) is 18.9 Å². The number of hydrogen-bond donors (Lipinski definition) is 1.